The molecule has 0 radical (unpaired) electrons. The standard InChI is InChI=1S/C24H16IN3O4/c1-15-21(23(29)28(27-15)19-8-6-18(25)7-9-19)14-20-10-11-22(32-20)16-2-4-17(5-3-16)24(30)31-13-12-26/h2-11,14H,13H2,1H3/b21-14+. The molecule has 7 nitrogen and oxygen atoms in total. The molecular formula is C24H16IN3O4. The summed E-state index contributed by atoms with van der Waals surface area (Å²) in [6.07, 6.45) is 1.67. The van der Waals surface area contributed by atoms with Gasteiger partial charge in [0.2, 0.25) is 0 Å². The van der Waals surface area contributed by atoms with Crippen LogP contribution in [0.25, 0.3) is 17.4 Å². The van der Waals surface area contributed by atoms with Gasteiger partial charge >= 0.3 is 5.97 Å². The summed E-state index contributed by atoms with van der Waals surface area (Å²) in [5.74, 6) is 0.320. The molecule has 32 heavy (non-hydrogen) atoms. The molecule has 0 saturated heterocycles. The Morgan fingerprint density at radius 1 is 1.16 bits per heavy atom. The highest BCUT2D eigenvalue weighted by Gasteiger charge is 2.29. The number of furan rings is 1. The topological polar surface area (TPSA) is 95.9 Å². The van der Waals surface area contributed by atoms with Gasteiger partial charge in [-0.1, -0.05) is 12.1 Å². The van der Waals surface area contributed by atoms with Crippen LogP contribution in [-0.2, 0) is 9.53 Å². The van der Waals surface area contributed by atoms with Crippen LogP contribution in [0.1, 0.15) is 23.0 Å². The number of anilines is 1. The molecule has 2 aromatic carbocycles. The number of benzene rings is 2. The maximum absolute atomic E-state index is 12.9. The molecule has 1 amide bonds. The highest BCUT2D eigenvalue weighted by atomic mass is 127. The van der Waals surface area contributed by atoms with Crippen LogP contribution in [0.4, 0.5) is 5.69 Å². The number of ether oxygens (including phenoxy) is 1. The molecule has 0 spiro atoms. The number of carbonyl (C=O) groups is 2. The van der Waals surface area contributed by atoms with Crippen molar-refractivity contribution in [1.82, 2.24) is 0 Å². The van der Waals surface area contributed by atoms with Gasteiger partial charge in [-0.2, -0.15) is 15.4 Å². The minimum Gasteiger partial charge on any atom is -0.457 e. The first-order valence-electron chi connectivity index (χ1n) is 9.58. The van der Waals surface area contributed by atoms with Gasteiger partial charge < -0.3 is 9.15 Å². The van der Waals surface area contributed by atoms with E-state index >= 15 is 0 Å². The first kappa shape index (κ1) is 21.5. The van der Waals surface area contributed by atoms with Gasteiger partial charge in [0.05, 0.1) is 22.5 Å². The number of nitriles is 1. The highest BCUT2D eigenvalue weighted by Crippen LogP contribution is 2.28. The average molecular weight is 537 g/mol. The predicted molar refractivity (Wildman–Crippen MR) is 128 cm³/mol. The van der Waals surface area contributed by atoms with Crippen LogP contribution in [0, 0.1) is 14.9 Å². The Kier molecular flexibility index (Phi) is 6.18. The van der Waals surface area contributed by atoms with Crippen molar-refractivity contribution in [2.75, 3.05) is 11.6 Å². The van der Waals surface area contributed by atoms with E-state index in [0.29, 0.717) is 34.1 Å². The van der Waals surface area contributed by atoms with Crippen molar-refractivity contribution in [2.24, 2.45) is 5.10 Å². The monoisotopic (exact) mass is 537 g/mol. The summed E-state index contributed by atoms with van der Waals surface area (Å²) in [6.45, 7) is 1.49. The molecule has 3 aromatic rings. The first-order valence-corrected chi connectivity index (χ1v) is 10.7. The van der Waals surface area contributed by atoms with Gasteiger partial charge in [0.15, 0.2) is 6.61 Å². The van der Waals surface area contributed by atoms with Gasteiger partial charge in [0.1, 0.15) is 17.6 Å². The maximum Gasteiger partial charge on any atom is 0.339 e. The van der Waals surface area contributed by atoms with E-state index in [1.54, 1.807) is 55.5 Å². The van der Waals surface area contributed by atoms with E-state index in [9.17, 15) is 9.59 Å². The summed E-state index contributed by atoms with van der Waals surface area (Å²) in [5.41, 5.74) is 2.87. The van der Waals surface area contributed by atoms with Gasteiger partial charge in [0, 0.05) is 9.13 Å². The molecule has 0 unspecified atom stereocenters. The van der Waals surface area contributed by atoms with E-state index < -0.39 is 5.97 Å². The molecule has 0 bridgehead atoms. The third kappa shape index (κ3) is 4.48. The number of carbonyl (C=O) groups excluding carboxylic acids is 2. The van der Waals surface area contributed by atoms with Gasteiger partial charge in [-0.15, -0.1) is 0 Å². The zero-order valence-electron chi connectivity index (χ0n) is 16.9. The molecule has 0 N–H and O–H groups in total. The van der Waals surface area contributed by atoms with Crippen molar-refractivity contribution in [1.29, 1.82) is 5.26 Å². The minimum atomic E-state index is -0.560. The largest absolute Gasteiger partial charge is 0.457 e. The fourth-order valence-corrected chi connectivity index (χ4v) is 3.48. The van der Waals surface area contributed by atoms with Crippen molar-refractivity contribution in [3.63, 3.8) is 0 Å². The summed E-state index contributed by atoms with van der Waals surface area (Å²) >= 11 is 2.21. The molecule has 2 heterocycles. The van der Waals surface area contributed by atoms with Crippen LogP contribution in [0.3, 0.4) is 0 Å². The van der Waals surface area contributed by atoms with Crippen molar-refractivity contribution in [3.8, 4) is 17.4 Å². The van der Waals surface area contributed by atoms with Crippen LogP contribution in [0.2, 0.25) is 0 Å². The molecular weight excluding hydrogens is 521 g/mol. The number of halogens is 1. The van der Waals surface area contributed by atoms with Crippen molar-refractivity contribution in [3.05, 3.63) is 81.1 Å². The van der Waals surface area contributed by atoms with Crippen molar-refractivity contribution >= 4 is 51.9 Å². The van der Waals surface area contributed by atoms with Crippen LogP contribution < -0.4 is 5.01 Å². The summed E-state index contributed by atoms with van der Waals surface area (Å²) in [4.78, 5) is 24.7. The first-order chi connectivity index (χ1) is 15.5. The fraction of sp³-hybridized carbons (Fsp3) is 0.0833. The van der Waals surface area contributed by atoms with Gasteiger partial charge in [0.25, 0.3) is 5.91 Å². The van der Waals surface area contributed by atoms with Crippen LogP contribution >= 0.6 is 22.6 Å². The van der Waals surface area contributed by atoms with E-state index in [1.807, 2.05) is 24.3 Å². The molecule has 0 atom stereocenters. The number of nitrogens with zero attached hydrogens (tertiary/aromatic N) is 3. The molecule has 0 aliphatic carbocycles. The maximum atomic E-state index is 12.9. The molecule has 0 fully saturated rings. The summed E-state index contributed by atoms with van der Waals surface area (Å²) in [6, 6.07) is 19.5. The fourth-order valence-electron chi connectivity index (χ4n) is 3.12. The van der Waals surface area contributed by atoms with E-state index in [0.717, 1.165) is 9.13 Å². The second-order valence-corrected chi connectivity index (χ2v) is 8.10. The lowest BCUT2D eigenvalue weighted by Gasteiger charge is -2.11. The second-order valence-electron chi connectivity index (χ2n) is 6.85. The third-order valence-corrected chi connectivity index (χ3v) is 5.44. The van der Waals surface area contributed by atoms with Gasteiger partial charge in [-0.3, -0.25) is 4.79 Å². The number of hydrogen-bond donors (Lipinski definition) is 0. The smallest absolute Gasteiger partial charge is 0.339 e. The van der Waals surface area contributed by atoms with Gasteiger partial charge in [-0.05, 0) is 84.1 Å². The summed E-state index contributed by atoms with van der Waals surface area (Å²) in [7, 11) is 0. The normalized spacial score (nSPS) is 14.4. The van der Waals surface area contributed by atoms with E-state index in [-0.39, 0.29) is 12.5 Å². The Labute approximate surface area is 197 Å². The number of hydrazone groups is 1. The van der Waals surface area contributed by atoms with Crippen LogP contribution in [0.5, 0.6) is 0 Å². The molecule has 4 rings (SSSR count). The van der Waals surface area contributed by atoms with Crippen LogP contribution in [-0.4, -0.2) is 24.2 Å². The highest BCUT2D eigenvalue weighted by molar-refractivity contribution is 14.1. The molecule has 1 aromatic heterocycles. The second kappa shape index (κ2) is 9.20. The molecule has 0 saturated carbocycles. The lowest BCUT2D eigenvalue weighted by atomic mass is 10.1. The minimum absolute atomic E-state index is 0.220. The third-order valence-electron chi connectivity index (χ3n) is 4.72. The van der Waals surface area contributed by atoms with Crippen LogP contribution in [0.15, 0.2) is 75.8 Å². The number of hydrogen-bond acceptors (Lipinski definition) is 6. The molecule has 1 aliphatic rings. The van der Waals surface area contributed by atoms with Crippen molar-refractivity contribution in [2.45, 2.75) is 6.92 Å². The zero-order valence-corrected chi connectivity index (χ0v) is 19.1. The summed E-state index contributed by atoms with van der Waals surface area (Å²) in [5, 5.41) is 14.3. The predicted octanol–water partition coefficient (Wildman–Crippen LogP) is 5.04. The number of amides is 1. The lowest BCUT2D eigenvalue weighted by Crippen LogP contribution is -2.21. The van der Waals surface area contributed by atoms with E-state index in [2.05, 4.69) is 27.7 Å². The van der Waals surface area contributed by atoms with E-state index in [1.165, 1.54) is 5.01 Å². The Hall–Kier alpha value is -3.71. The molecule has 158 valence electrons. The quantitative estimate of drug-likeness (QED) is 0.258. The SMILES string of the molecule is CC1=NN(c2ccc(I)cc2)C(=O)/C1=C/c1ccc(-c2ccc(C(=O)OCC#N)cc2)o1. The molecule has 8 heteroatoms. The zero-order chi connectivity index (χ0) is 22.7. The lowest BCUT2D eigenvalue weighted by molar-refractivity contribution is -0.114. The number of esters is 1. The average Bonchev–Trinajstić information content (AvgIpc) is 3.38. The van der Waals surface area contributed by atoms with Gasteiger partial charge in [-0.25, -0.2) is 4.79 Å². The summed E-state index contributed by atoms with van der Waals surface area (Å²) < 4.78 is 11.8. The Morgan fingerprint density at radius 2 is 1.88 bits per heavy atom. The van der Waals surface area contributed by atoms with Crippen molar-refractivity contribution < 1.29 is 18.7 Å². The van der Waals surface area contributed by atoms with E-state index in [4.69, 9.17) is 14.4 Å². The Morgan fingerprint density at radius 3 is 2.56 bits per heavy atom. The Bertz CT molecular complexity index is 1280. The molecule has 1 aliphatic heterocycles. The number of rotatable bonds is 5. The Balaban J connectivity index is 1.52.